The molecule has 1 aromatic heterocycles. The lowest BCUT2D eigenvalue weighted by Gasteiger charge is -2.06. The Bertz CT molecular complexity index is 916. The molecule has 0 fully saturated rings. The Morgan fingerprint density at radius 3 is 2.33 bits per heavy atom. The Balaban J connectivity index is 2.85. The standard InChI is InChI=1S/C18H18F2N2O2/c1-8(2)14(19)13(15(20)9(3)4)17-21-12-7-10(5)6-11(18(23)24)16(12)22-17/h6-7H,1H2,2-5H3,(H,21,22)(H,23,24). The van der Waals surface area contributed by atoms with Crippen molar-refractivity contribution in [1.82, 2.24) is 9.97 Å². The van der Waals surface area contributed by atoms with Crippen LogP contribution in [0.2, 0.25) is 0 Å². The monoisotopic (exact) mass is 332 g/mol. The van der Waals surface area contributed by atoms with Crippen LogP contribution in [-0.2, 0) is 0 Å². The molecule has 2 rings (SSSR count). The first-order valence-corrected chi connectivity index (χ1v) is 7.26. The molecule has 0 aliphatic carbocycles. The van der Waals surface area contributed by atoms with Crippen LogP contribution in [0, 0.1) is 6.92 Å². The highest BCUT2D eigenvalue weighted by atomic mass is 19.1. The molecule has 24 heavy (non-hydrogen) atoms. The van der Waals surface area contributed by atoms with Gasteiger partial charge in [-0.15, -0.1) is 0 Å². The lowest BCUT2D eigenvalue weighted by atomic mass is 10.1. The Morgan fingerprint density at radius 2 is 1.83 bits per heavy atom. The number of hydrogen-bond acceptors (Lipinski definition) is 2. The zero-order chi connectivity index (χ0) is 18.2. The molecule has 0 bridgehead atoms. The van der Waals surface area contributed by atoms with Gasteiger partial charge in [0.1, 0.15) is 23.0 Å². The van der Waals surface area contributed by atoms with Crippen molar-refractivity contribution in [1.29, 1.82) is 0 Å². The fourth-order valence-electron chi connectivity index (χ4n) is 2.31. The molecule has 1 aromatic carbocycles. The molecule has 126 valence electrons. The minimum Gasteiger partial charge on any atom is -0.478 e. The highest BCUT2D eigenvalue weighted by molar-refractivity contribution is 6.02. The van der Waals surface area contributed by atoms with E-state index >= 15 is 0 Å². The van der Waals surface area contributed by atoms with E-state index in [2.05, 4.69) is 16.5 Å². The fraction of sp³-hybridized carbons (Fsp3) is 0.222. The minimum absolute atomic E-state index is 0.0276. The maximum Gasteiger partial charge on any atom is 0.337 e. The van der Waals surface area contributed by atoms with Crippen LogP contribution in [0.25, 0.3) is 16.6 Å². The van der Waals surface area contributed by atoms with E-state index in [4.69, 9.17) is 0 Å². The van der Waals surface area contributed by atoms with Gasteiger partial charge in [0.15, 0.2) is 0 Å². The molecule has 0 amide bonds. The summed E-state index contributed by atoms with van der Waals surface area (Å²) < 4.78 is 29.0. The molecule has 2 N–H and O–H groups in total. The fourth-order valence-corrected chi connectivity index (χ4v) is 2.31. The van der Waals surface area contributed by atoms with Gasteiger partial charge in [-0.1, -0.05) is 6.58 Å². The number of aromatic amines is 1. The lowest BCUT2D eigenvalue weighted by Crippen LogP contribution is -1.98. The number of halogens is 2. The SMILES string of the molecule is C=C(C)C(F)=C(C(F)=C(C)C)c1nc2c(C(=O)O)cc(C)cc2[nH]1. The quantitative estimate of drug-likeness (QED) is 0.766. The Hall–Kier alpha value is -2.76. The number of benzene rings is 1. The lowest BCUT2D eigenvalue weighted by molar-refractivity contribution is 0.0698. The van der Waals surface area contributed by atoms with Crippen molar-refractivity contribution >= 4 is 22.6 Å². The van der Waals surface area contributed by atoms with Gasteiger partial charge < -0.3 is 10.1 Å². The summed E-state index contributed by atoms with van der Waals surface area (Å²) in [6, 6.07) is 3.14. The van der Waals surface area contributed by atoms with E-state index in [-0.39, 0.29) is 33.6 Å². The van der Waals surface area contributed by atoms with E-state index in [0.29, 0.717) is 11.1 Å². The highest BCUT2D eigenvalue weighted by Crippen LogP contribution is 2.33. The topological polar surface area (TPSA) is 66.0 Å². The number of imidazole rings is 1. The molecular weight excluding hydrogens is 314 g/mol. The van der Waals surface area contributed by atoms with Crippen LogP contribution >= 0.6 is 0 Å². The predicted molar refractivity (Wildman–Crippen MR) is 90.1 cm³/mol. The van der Waals surface area contributed by atoms with Crippen LogP contribution in [0.4, 0.5) is 8.78 Å². The minimum atomic E-state index is -1.16. The summed E-state index contributed by atoms with van der Waals surface area (Å²) in [5.74, 6) is -2.82. The summed E-state index contributed by atoms with van der Waals surface area (Å²) in [7, 11) is 0. The first kappa shape index (κ1) is 17.6. The maximum absolute atomic E-state index is 14.5. The van der Waals surface area contributed by atoms with E-state index in [9.17, 15) is 18.7 Å². The number of allylic oxidation sites excluding steroid dienone is 5. The third-order valence-corrected chi connectivity index (χ3v) is 3.45. The number of carbonyl (C=O) groups is 1. The van der Waals surface area contributed by atoms with E-state index in [1.54, 1.807) is 13.0 Å². The van der Waals surface area contributed by atoms with Gasteiger partial charge in [0, 0.05) is 0 Å². The van der Waals surface area contributed by atoms with Crippen LogP contribution in [0.15, 0.2) is 41.5 Å². The predicted octanol–water partition coefficient (Wildman–Crippen LogP) is 5.09. The van der Waals surface area contributed by atoms with Gasteiger partial charge in [-0.2, -0.15) is 0 Å². The van der Waals surface area contributed by atoms with E-state index < -0.39 is 17.6 Å². The molecule has 0 saturated carbocycles. The molecule has 0 radical (unpaired) electrons. The Kier molecular flexibility index (Phi) is 4.68. The van der Waals surface area contributed by atoms with Crippen molar-refractivity contribution in [3.8, 4) is 0 Å². The summed E-state index contributed by atoms with van der Waals surface area (Å²) in [6.07, 6.45) is 0. The molecule has 0 unspecified atom stereocenters. The highest BCUT2D eigenvalue weighted by Gasteiger charge is 2.22. The number of carboxylic acid groups (broad SMARTS) is 1. The van der Waals surface area contributed by atoms with Crippen LogP contribution < -0.4 is 0 Å². The Morgan fingerprint density at radius 1 is 1.21 bits per heavy atom. The third kappa shape index (κ3) is 3.13. The van der Waals surface area contributed by atoms with E-state index in [0.717, 1.165) is 0 Å². The van der Waals surface area contributed by atoms with Crippen molar-refractivity contribution in [3.05, 3.63) is 58.5 Å². The molecular formula is C18H18F2N2O2. The van der Waals surface area contributed by atoms with Crippen LogP contribution in [0.3, 0.4) is 0 Å². The number of rotatable bonds is 4. The zero-order valence-corrected chi connectivity index (χ0v) is 13.9. The van der Waals surface area contributed by atoms with Crippen molar-refractivity contribution < 1.29 is 18.7 Å². The van der Waals surface area contributed by atoms with E-state index in [1.165, 1.54) is 26.8 Å². The van der Waals surface area contributed by atoms with Gasteiger partial charge in [-0.3, -0.25) is 0 Å². The summed E-state index contributed by atoms with van der Waals surface area (Å²) >= 11 is 0. The number of fused-ring (bicyclic) bond motifs is 1. The second kappa shape index (κ2) is 6.39. The normalized spacial score (nSPS) is 12.1. The summed E-state index contributed by atoms with van der Waals surface area (Å²) in [5.41, 5.74) is 1.19. The molecule has 0 spiro atoms. The molecule has 0 atom stereocenters. The van der Waals surface area contributed by atoms with Gasteiger partial charge in [0.2, 0.25) is 0 Å². The largest absolute Gasteiger partial charge is 0.478 e. The van der Waals surface area contributed by atoms with Gasteiger partial charge in [-0.25, -0.2) is 18.6 Å². The van der Waals surface area contributed by atoms with Gasteiger partial charge in [0.25, 0.3) is 0 Å². The number of aromatic carboxylic acids is 1. The second-order valence-corrected chi connectivity index (χ2v) is 5.88. The van der Waals surface area contributed by atoms with Crippen molar-refractivity contribution in [2.75, 3.05) is 0 Å². The first-order chi connectivity index (χ1) is 11.1. The molecule has 4 nitrogen and oxygen atoms in total. The zero-order valence-electron chi connectivity index (χ0n) is 13.9. The van der Waals surface area contributed by atoms with Crippen molar-refractivity contribution in [2.45, 2.75) is 27.7 Å². The maximum atomic E-state index is 14.5. The van der Waals surface area contributed by atoms with Gasteiger partial charge in [0.05, 0.1) is 16.7 Å². The first-order valence-electron chi connectivity index (χ1n) is 7.26. The number of aromatic nitrogens is 2. The average Bonchev–Trinajstić information content (AvgIpc) is 2.88. The summed E-state index contributed by atoms with van der Waals surface area (Å²) in [6.45, 7) is 9.67. The summed E-state index contributed by atoms with van der Waals surface area (Å²) in [5, 5.41) is 9.31. The number of H-pyrrole nitrogens is 1. The molecule has 6 heteroatoms. The smallest absolute Gasteiger partial charge is 0.337 e. The molecule has 0 aliphatic heterocycles. The Labute approximate surface area is 138 Å². The van der Waals surface area contributed by atoms with E-state index in [1.807, 2.05) is 0 Å². The average molecular weight is 332 g/mol. The number of nitrogens with zero attached hydrogens (tertiary/aromatic N) is 1. The molecule has 0 saturated heterocycles. The molecule has 1 heterocycles. The van der Waals surface area contributed by atoms with Gasteiger partial charge >= 0.3 is 5.97 Å². The molecule has 0 aliphatic rings. The number of carboxylic acids is 1. The van der Waals surface area contributed by atoms with Crippen LogP contribution in [0.1, 0.15) is 42.5 Å². The number of hydrogen-bond donors (Lipinski definition) is 2. The van der Waals surface area contributed by atoms with Crippen LogP contribution in [-0.4, -0.2) is 21.0 Å². The summed E-state index contributed by atoms with van der Waals surface area (Å²) in [4.78, 5) is 18.3. The molecule has 2 aromatic rings. The van der Waals surface area contributed by atoms with Crippen molar-refractivity contribution in [3.63, 3.8) is 0 Å². The third-order valence-electron chi connectivity index (χ3n) is 3.45. The van der Waals surface area contributed by atoms with Crippen molar-refractivity contribution in [2.24, 2.45) is 0 Å². The van der Waals surface area contributed by atoms with Crippen LogP contribution in [0.5, 0.6) is 0 Å². The number of aryl methyl sites for hydroxylation is 1. The second-order valence-electron chi connectivity index (χ2n) is 5.88. The number of nitrogens with one attached hydrogen (secondary N) is 1. The van der Waals surface area contributed by atoms with Gasteiger partial charge in [-0.05, 0) is 56.5 Å².